The van der Waals surface area contributed by atoms with Gasteiger partial charge in [-0.1, -0.05) is 0 Å². The molecule has 1 unspecified atom stereocenters. The minimum Gasteiger partial charge on any atom is -0.346 e. The van der Waals surface area contributed by atoms with Gasteiger partial charge >= 0.3 is 0 Å². The van der Waals surface area contributed by atoms with Gasteiger partial charge in [0.2, 0.25) is 0 Å². The Bertz CT molecular complexity index is 751. The Labute approximate surface area is 120 Å². The molecule has 8 heteroatoms. The first-order chi connectivity index (χ1) is 9.68. The second-order valence-electron chi connectivity index (χ2n) is 4.74. The van der Waals surface area contributed by atoms with Crippen molar-refractivity contribution in [2.45, 2.75) is 6.92 Å². The summed E-state index contributed by atoms with van der Waals surface area (Å²) in [6, 6.07) is 5.44. The molecule has 0 bridgehead atoms. The monoisotopic (exact) mass is 311 g/mol. The molecule has 0 saturated heterocycles. The van der Waals surface area contributed by atoms with Crippen LogP contribution in [0.2, 0.25) is 0 Å². The van der Waals surface area contributed by atoms with Crippen molar-refractivity contribution in [3.8, 4) is 0 Å². The number of aryl methyl sites for hydroxylation is 2. The molecule has 0 aliphatic rings. The quantitative estimate of drug-likeness (QED) is 0.748. The standard InChI is InChI=1S/C13H15FN3O3P/c1-8-5-9(3-4-11(8)14)16-13(18)12-6-10(7-17(12)2)21(15,19)20/h3-7H,1-2H3,(H,16,18)(H3,15,19,20). The van der Waals surface area contributed by atoms with Crippen LogP contribution >= 0.6 is 7.52 Å². The summed E-state index contributed by atoms with van der Waals surface area (Å²) < 4.78 is 26.0. The molecule has 0 saturated carbocycles. The van der Waals surface area contributed by atoms with E-state index >= 15 is 0 Å². The molecule has 112 valence electrons. The van der Waals surface area contributed by atoms with E-state index in [9.17, 15) is 18.6 Å². The highest BCUT2D eigenvalue weighted by molar-refractivity contribution is 7.63. The second-order valence-corrected chi connectivity index (χ2v) is 6.50. The first-order valence-electron chi connectivity index (χ1n) is 6.04. The van der Waals surface area contributed by atoms with Crippen LogP contribution in [0.5, 0.6) is 0 Å². The van der Waals surface area contributed by atoms with Crippen LogP contribution in [0.15, 0.2) is 30.5 Å². The van der Waals surface area contributed by atoms with Gasteiger partial charge in [-0.3, -0.25) is 14.9 Å². The normalized spacial score (nSPS) is 13.8. The molecule has 0 spiro atoms. The molecule has 0 radical (unpaired) electrons. The van der Waals surface area contributed by atoms with Crippen LogP contribution in [-0.4, -0.2) is 15.4 Å². The van der Waals surface area contributed by atoms with Gasteiger partial charge in [0, 0.05) is 18.9 Å². The van der Waals surface area contributed by atoms with Crippen molar-refractivity contribution in [1.82, 2.24) is 4.57 Å². The Hall–Kier alpha value is -1.95. The van der Waals surface area contributed by atoms with Gasteiger partial charge in [0.1, 0.15) is 11.5 Å². The SMILES string of the molecule is Cc1cc(NC(=O)c2cc(P(N)(=O)O)cn2C)ccc1F. The zero-order valence-corrected chi connectivity index (χ0v) is 12.4. The fraction of sp³-hybridized carbons (Fsp3) is 0.154. The Morgan fingerprint density at radius 3 is 2.62 bits per heavy atom. The molecule has 4 N–H and O–H groups in total. The number of carbonyl (C=O) groups is 1. The van der Waals surface area contributed by atoms with Crippen LogP contribution in [-0.2, 0) is 11.6 Å². The third kappa shape index (κ3) is 3.39. The van der Waals surface area contributed by atoms with E-state index in [4.69, 9.17) is 5.50 Å². The van der Waals surface area contributed by atoms with E-state index in [0.29, 0.717) is 11.3 Å². The van der Waals surface area contributed by atoms with E-state index < -0.39 is 13.4 Å². The van der Waals surface area contributed by atoms with Crippen LogP contribution in [0.3, 0.4) is 0 Å². The number of halogens is 1. The topological polar surface area (TPSA) is 97.3 Å². The van der Waals surface area contributed by atoms with Gasteiger partial charge in [0.05, 0.1) is 5.30 Å². The Kier molecular flexibility index (Phi) is 4.00. The van der Waals surface area contributed by atoms with E-state index in [2.05, 4.69) is 5.32 Å². The summed E-state index contributed by atoms with van der Waals surface area (Å²) >= 11 is 0. The summed E-state index contributed by atoms with van der Waals surface area (Å²) in [7, 11) is -2.35. The van der Waals surface area contributed by atoms with E-state index in [1.165, 1.54) is 35.0 Å². The summed E-state index contributed by atoms with van der Waals surface area (Å²) in [5, 5.41) is 2.58. The van der Waals surface area contributed by atoms with Gasteiger partial charge in [0.15, 0.2) is 0 Å². The molecule has 2 rings (SSSR count). The summed E-state index contributed by atoms with van der Waals surface area (Å²) in [6.07, 6.45) is 1.33. The maximum atomic E-state index is 13.2. The first kappa shape index (κ1) is 15.4. The molecule has 0 aliphatic heterocycles. The Morgan fingerprint density at radius 2 is 2.10 bits per heavy atom. The summed E-state index contributed by atoms with van der Waals surface area (Å²) in [4.78, 5) is 21.4. The molecule has 0 aliphatic carbocycles. The molecule has 1 aromatic heterocycles. The lowest BCUT2D eigenvalue weighted by Gasteiger charge is -2.07. The van der Waals surface area contributed by atoms with E-state index in [1.807, 2.05) is 0 Å². The third-order valence-electron chi connectivity index (χ3n) is 3.01. The molecule has 0 fully saturated rings. The number of nitrogens with two attached hydrogens (primary N) is 1. The molecule has 1 aromatic carbocycles. The lowest BCUT2D eigenvalue weighted by molar-refractivity contribution is 0.101. The third-order valence-corrected chi connectivity index (χ3v) is 3.99. The van der Waals surface area contributed by atoms with Crippen molar-refractivity contribution in [3.05, 3.63) is 47.5 Å². The number of rotatable bonds is 3. The molecule has 21 heavy (non-hydrogen) atoms. The lowest BCUT2D eigenvalue weighted by atomic mass is 10.2. The maximum Gasteiger partial charge on any atom is 0.296 e. The minimum absolute atomic E-state index is 0.00885. The summed E-state index contributed by atoms with van der Waals surface area (Å²) in [6.45, 7) is 1.59. The number of hydrogen-bond acceptors (Lipinski definition) is 2. The van der Waals surface area contributed by atoms with Gasteiger partial charge in [-0.2, -0.15) is 0 Å². The van der Waals surface area contributed by atoms with Crippen LogP contribution in [0, 0.1) is 12.7 Å². The van der Waals surface area contributed by atoms with Crippen LogP contribution in [0.25, 0.3) is 0 Å². The fourth-order valence-corrected chi connectivity index (χ4v) is 2.51. The van der Waals surface area contributed by atoms with Gasteiger partial charge in [-0.15, -0.1) is 0 Å². The predicted octanol–water partition coefficient (Wildman–Crippen LogP) is 1.49. The molecular weight excluding hydrogens is 296 g/mol. The average molecular weight is 311 g/mol. The molecule has 1 heterocycles. The molecule has 6 nitrogen and oxygen atoms in total. The predicted molar refractivity (Wildman–Crippen MR) is 78.1 cm³/mol. The second kappa shape index (κ2) is 5.44. The number of benzene rings is 1. The lowest BCUT2D eigenvalue weighted by Crippen LogP contribution is -2.15. The first-order valence-corrected chi connectivity index (χ1v) is 7.77. The van der Waals surface area contributed by atoms with Gasteiger partial charge < -0.3 is 14.8 Å². The van der Waals surface area contributed by atoms with E-state index in [0.717, 1.165) is 0 Å². The van der Waals surface area contributed by atoms with E-state index in [1.54, 1.807) is 14.0 Å². The Balaban J connectivity index is 2.26. The number of nitrogens with one attached hydrogen (secondary N) is 1. The van der Waals surface area contributed by atoms with Gasteiger partial charge in [0.25, 0.3) is 13.4 Å². The van der Waals surface area contributed by atoms with Crippen LogP contribution < -0.4 is 16.1 Å². The van der Waals surface area contributed by atoms with E-state index in [-0.39, 0.29) is 16.8 Å². The highest BCUT2D eigenvalue weighted by Gasteiger charge is 2.21. The Morgan fingerprint density at radius 1 is 1.43 bits per heavy atom. The number of amides is 1. The highest BCUT2D eigenvalue weighted by atomic mass is 31.2. The summed E-state index contributed by atoms with van der Waals surface area (Å²) in [5.41, 5.74) is 6.16. The average Bonchev–Trinajstić information content (AvgIpc) is 2.76. The van der Waals surface area contributed by atoms with Crippen LogP contribution in [0.4, 0.5) is 10.1 Å². The molecular formula is C13H15FN3O3P. The maximum absolute atomic E-state index is 13.2. The molecule has 1 amide bonds. The van der Waals surface area contributed by atoms with Crippen molar-refractivity contribution in [2.75, 3.05) is 5.32 Å². The zero-order chi connectivity index (χ0) is 15.8. The van der Waals surface area contributed by atoms with Crippen molar-refractivity contribution < 1.29 is 18.6 Å². The fourth-order valence-electron chi connectivity index (χ4n) is 1.87. The number of anilines is 1. The van der Waals surface area contributed by atoms with Crippen LogP contribution in [0.1, 0.15) is 16.1 Å². The summed E-state index contributed by atoms with van der Waals surface area (Å²) in [5.74, 6) is -0.846. The highest BCUT2D eigenvalue weighted by Crippen LogP contribution is 2.29. The van der Waals surface area contributed by atoms with Crippen molar-refractivity contribution in [3.63, 3.8) is 0 Å². The number of aromatic nitrogens is 1. The number of carbonyl (C=O) groups excluding carboxylic acids is 1. The number of nitrogens with zero attached hydrogens (tertiary/aromatic N) is 1. The molecule has 1 atom stereocenters. The van der Waals surface area contributed by atoms with Crippen molar-refractivity contribution in [1.29, 1.82) is 0 Å². The number of hydrogen-bond donors (Lipinski definition) is 3. The van der Waals surface area contributed by atoms with Gasteiger partial charge in [-0.25, -0.2) is 4.39 Å². The van der Waals surface area contributed by atoms with Gasteiger partial charge in [-0.05, 0) is 36.8 Å². The van der Waals surface area contributed by atoms with Crippen molar-refractivity contribution >= 4 is 24.4 Å². The largest absolute Gasteiger partial charge is 0.346 e. The zero-order valence-electron chi connectivity index (χ0n) is 11.5. The molecule has 2 aromatic rings. The minimum atomic E-state index is -3.91. The van der Waals surface area contributed by atoms with Crippen molar-refractivity contribution in [2.24, 2.45) is 12.6 Å². The smallest absolute Gasteiger partial charge is 0.296 e.